The van der Waals surface area contributed by atoms with Crippen LogP contribution in [-0.2, 0) is 0 Å². The minimum Gasteiger partial charge on any atom is -0.497 e. The van der Waals surface area contributed by atoms with Crippen LogP contribution in [-0.4, -0.2) is 16.5 Å². The molecule has 3 aromatic carbocycles. The maximum absolute atomic E-state index is 5.24. The van der Waals surface area contributed by atoms with Crippen LogP contribution in [0.25, 0.3) is 39.8 Å². The van der Waals surface area contributed by atoms with Crippen molar-refractivity contribution in [3.63, 3.8) is 0 Å². The van der Waals surface area contributed by atoms with Crippen LogP contribution >= 0.6 is 0 Å². The average molecular weight is 376 g/mol. The molecule has 2 aromatic heterocycles. The summed E-state index contributed by atoms with van der Waals surface area (Å²) in [6.07, 6.45) is 8.42. The Morgan fingerprint density at radius 3 is 2.55 bits per heavy atom. The van der Waals surface area contributed by atoms with Gasteiger partial charge in [0.2, 0.25) is 0 Å². The Kier molecular flexibility index (Phi) is 4.34. The van der Waals surface area contributed by atoms with E-state index in [0.29, 0.717) is 0 Å². The van der Waals surface area contributed by atoms with Gasteiger partial charge in [0, 0.05) is 18.0 Å². The Hall–Kier alpha value is -3.85. The fraction of sp³-hybridized carbons (Fsp3) is 0.0385. The minimum atomic E-state index is 0.846. The van der Waals surface area contributed by atoms with E-state index in [1.54, 1.807) is 7.11 Å². The first-order valence-corrected chi connectivity index (χ1v) is 9.59. The second-order valence-electron chi connectivity index (χ2n) is 6.98. The van der Waals surface area contributed by atoms with Crippen LogP contribution in [0.1, 0.15) is 11.1 Å². The second-order valence-corrected chi connectivity index (χ2v) is 6.98. The first-order chi connectivity index (χ1) is 14.3. The third-order valence-electron chi connectivity index (χ3n) is 5.15. The van der Waals surface area contributed by atoms with E-state index in [2.05, 4.69) is 83.5 Å². The molecule has 0 N–H and O–H groups in total. The number of fused-ring (bicyclic) bond motifs is 2. The molecule has 0 bridgehead atoms. The summed E-state index contributed by atoms with van der Waals surface area (Å²) < 4.78 is 7.29. The molecule has 29 heavy (non-hydrogen) atoms. The molecule has 0 atom stereocenters. The molecule has 5 rings (SSSR count). The molecule has 0 aliphatic rings. The monoisotopic (exact) mass is 376 g/mol. The summed E-state index contributed by atoms with van der Waals surface area (Å²) >= 11 is 0. The van der Waals surface area contributed by atoms with E-state index in [0.717, 1.165) is 28.2 Å². The fourth-order valence-corrected chi connectivity index (χ4v) is 3.58. The number of nitrogens with zero attached hydrogens (tertiary/aromatic N) is 2. The second kappa shape index (κ2) is 7.28. The van der Waals surface area contributed by atoms with Crippen molar-refractivity contribution in [1.29, 1.82) is 0 Å². The normalized spacial score (nSPS) is 11.5. The lowest BCUT2D eigenvalue weighted by Gasteiger charge is -2.02. The van der Waals surface area contributed by atoms with Crippen LogP contribution in [0.3, 0.4) is 0 Å². The first-order valence-electron chi connectivity index (χ1n) is 9.59. The van der Waals surface area contributed by atoms with Crippen molar-refractivity contribution in [2.75, 3.05) is 7.11 Å². The summed E-state index contributed by atoms with van der Waals surface area (Å²) in [6, 6.07) is 27.0. The van der Waals surface area contributed by atoms with Crippen molar-refractivity contribution in [1.82, 2.24) is 9.38 Å². The quantitative estimate of drug-likeness (QED) is 0.366. The van der Waals surface area contributed by atoms with Gasteiger partial charge in [0.15, 0.2) is 0 Å². The molecule has 0 amide bonds. The maximum atomic E-state index is 5.24. The number of ether oxygens (including phenoxy) is 1. The Morgan fingerprint density at radius 1 is 0.862 bits per heavy atom. The SMILES string of the molecule is COc1ccc(-c2cn3ccc(C=Cc4cccc5ccccc45)cc3n2)cc1. The van der Waals surface area contributed by atoms with Gasteiger partial charge in [0.25, 0.3) is 0 Å². The number of methoxy groups -OCH3 is 1. The van der Waals surface area contributed by atoms with Gasteiger partial charge in [-0.1, -0.05) is 54.6 Å². The zero-order chi connectivity index (χ0) is 19.6. The third-order valence-corrected chi connectivity index (χ3v) is 5.15. The van der Waals surface area contributed by atoms with E-state index in [-0.39, 0.29) is 0 Å². The standard InChI is InChI=1S/C26H20N2O/c1-29-23-13-11-22(12-14-23)25-18-28-16-15-19(17-26(28)27-25)9-10-21-7-4-6-20-5-2-3-8-24(20)21/h2-18H,1H3. The van der Waals surface area contributed by atoms with Crippen molar-refractivity contribution in [3.05, 3.63) is 102 Å². The molecule has 0 aliphatic heterocycles. The number of hydrogen-bond donors (Lipinski definition) is 0. The van der Waals surface area contributed by atoms with Crippen molar-refractivity contribution in [3.8, 4) is 17.0 Å². The van der Waals surface area contributed by atoms with Gasteiger partial charge in [-0.15, -0.1) is 0 Å². The molecule has 0 fully saturated rings. The van der Waals surface area contributed by atoms with Crippen LogP contribution in [0, 0.1) is 0 Å². The highest BCUT2D eigenvalue weighted by atomic mass is 16.5. The lowest BCUT2D eigenvalue weighted by Crippen LogP contribution is -1.83. The molecule has 0 aliphatic carbocycles. The molecular formula is C26H20N2O. The zero-order valence-electron chi connectivity index (χ0n) is 16.1. The Morgan fingerprint density at radius 2 is 1.69 bits per heavy atom. The van der Waals surface area contributed by atoms with E-state index < -0.39 is 0 Å². The highest BCUT2D eigenvalue weighted by molar-refractivity contribution is 5.92. The van der Waals surface area contributed by atoms with E-state index in [9.17, 15) is 0 Å². The van der Waals surface area contributed by atoms with Gasteiger partial charge in [0.05, 0.1) is 12.8 Å². The van der Waals surface area contributed by atoms with Crippen molar-refractivity contribution < 1.29 is 4.74 Å². The van der Waals surface area contributed by atoms with Gasteiger partial charge in [-0.25, -0.2) is 4.98 Å². The summed E-state index contributed by atoms with van der Waals surface area (Å²) in [4.78, 5) is 4.79. The summed E-state index contributed by atoms with van der Waals surface area (Å²) in [6.45, 7) is 0. The molecule has 0 unspecified atom stereocenters. The largest absolute Gasteiger partial charge is 0.497 e. The van der Waals surface area contributed by atoms with E-state index >= 15 is 0 Å². The average Bonchev–Trinajstić information content (AvgIpc) is 3.21. The molecule has 0 saturated heterocycles. The molecule has 0 radical (unpaired) electrons. The molecule has 0 saturated carbocycles. The maximum Gasteiger partial charge on any atom is 0.138 e. The molecule has 0 spiro atoms. The lowest BCUT2D eigenvalue weighted by molar-refractivity contribution is 0.415. The van der Waals surface area contributed by atoms with Gasteiger partial charge in [-0.2, -0.15) is 0 Å². The van der Waals surface area contributed by atoms with E-state index in [1.165, 1.54) is 16.3 Å². The highest BCUT2D eigenvalue weighted by Gasteiger charge is 2.05. The Balaban J connectivity index is 1.47. The molecular weight excluding hydrogens is 356 g/mol. The van der Waals surface area contributed by atoms with Crippen LogP contribution in [0.2, 0.25) is 0 Å². The highest BCUT2D eigenvalue weighted by Crippen LogP contribution is 2.24. The Bertz CT molecular complexity index is 1320. The van der Waals surface area contributed by atoms with Gasteiger partial charge in [-0.05, 0) is 58.3 Å². The summed E-state index contributed by atoms with van der Waals surface area (Å²) in [7, 11) is 1.67. The molecule has 2 heterocycles. The number of imidazole rings is 1. The molecule has 5 aromatic rings. The minimum absolute atomic E-state index is 0.846. The number of rotatable bonds is 4. The molecule has 140 valence electrons. The number of hydrogen-bond acceptors (Lipinski definition) is 2. The van der Waals surface area contributed by atoms with E-state index in [4.69, 9.17) is 9.72 Å². The van der Waals surface area contributed by atoms with Crippen molar-refractivity contribution in [2.24, 2.45) is 0 Å². The van der Waals surface area contributed by atoms with Crippen LogP contribution in [0.15, 0.2) is 91.3 Å². The summed E-state index contributed by atoms with van der Waals surface area (Å²) in [5.41, 5.74) is 5.28. The van der Waals surface area contributed by atoms with Crippen LogP contribution in [0.4, 0.5) is 0 Å². The number of pyridine rings is 1. The molecule has 3 heteroatoms. The van der Waals surface area contributed by atoms with Crippen molar-refractivity contribution >= 4 is 28.6 Å². The number of benzene rings is 3. The van der Waals surface area contributed by atoms with Gasteiger partial charge in [-0.3, -0.25) is 0 Å². The zero-order valence-corrected chi connectivity index (χ0v) is 16.1. The predicted molar refractivity (Wildman–Crippen MR) is 120 cm³/mol. The van der Waals surface area contributed by atoms with Crippen LogP contribution < -0.4 is 4.74 Å². The van der Waals surface area contributed by atoms with E-state index in [1.807, 2.05) is 24.3 Å². The van der Waals surface area contributed by atoms with Gasteiger partial charge in [0.1, 0.15) is 11.4 Å². The van der Waals surface area contributed by atoms with Gasteiger partial charge >= 0.3 is 0 Å². The summed E-state index contributed by atoms with van der Waals surface area (Å²) in [5, 5.41) is 2.51. The van der Waals surface area contributed by atoms with Gasteiger partial charge < -0.3 is 9.14 Å². The third kappa shape index (κ3) is 3.39. The topological polar surface area (TPSA) is 26.5 Å². The first kappa shape index (κ1) is 17.3. The van der Waals surface area contributed by atoms with Crippen LogP contribution in [0.5, 0.6) is 5.75 Å². The fourth-order valence-electron chi connectivity index (χ4n) is 3.58. The molecule has 3 nitrogen and oxygen atoms in total. The lowest BCUT2D eigenvalue weighted by atomic mass is 10.0. The number of aromatic nitrogens is 2. The smallest absolute Gasteiger partial charge is 0.138 e. The summed E-state index contributed by atoms with van der Waals surface area (Å²) in [5.74, 6) is 0.846. The Labute approximate surface area is 169 Å². The van der Waals surface area contributed by atoms with Crippen molar-refractivity contribution in [2.45, 2.75) is 0 Å². The predicted octanol–water partition coefficient (Wildman–Crippen LogP) is 6.33.